The second-order valence-corrected chi connectivity index (χ2v) is 5.75. The maximum absolute atomic E-state index is 13.0. The number of hydrogen-bond acceptors (Lipinski definition) is 2. The molecular formula is C13H24F2N2. The highest BCUT2D eigenvalue weighted by Crippen LogP contribution is 2.30. The molecule has 1 aliphatic heterocycles. The van der Waals surface area contributed by atoms with Crippen LogP contribution in [-0.2, 0) is 0 Å². The summed E-state index contributed by atoms with van der Waals surface area (Å²) < 4.78 is 25.9. The van der Waals surface area contributed by atoms with E-state index < -0.39 is 12.0 Å². The third kappa shape index (κ3) is 3.16. The molecule has 1 heterocycles. The van der Waals surface area contributed by atoms with Gasteiger partial charge >= 0.3 is 0 Å². The summed E-state index contributed by atoms with van der Waals surface area (Å²) in [6.07, 6.45) is 6.31. The molecule has 100 valence electrons. The van der Waals surface area contributed by atoms with E-state index in [1.165, 1.54) is 38.5 Å². The van der Waals surface area contributed by atoms with Crippen LogP contribution < -0.4 is 5.73 Å². The summed E-state index contributed by atoms with van der Waals surface area (Å²) in [4.78, 5) is 2.24. The van der Waals surface area contributed by atoms with Gasteiger partial charge < -0.3 is 5.73 Å². The van der Waals surface area contributed by atoms with Gasteiger partial charge in [-0.25, -0.2) is 8.78 Å². The van der Waals surface area contributed by atoms with Crippen LogP contribution >= 0.6 is 0 Å². The highest BCUT2D eigenvalue weighted by Gasteiger charge is 2.41. The molecule has 1 unspecified atom stereocenters. The number of halogens is 2. The Balaban J connectivity index is 1.96. The monoisotopic (exact) mass is 246 g/mol. The molecular weight excluding hydrogens is 222 g/mol. The lowest BCUT2D eigenvalue weighted by Gasteiger charge is -2.43. The minimum Gasteiger partial charge on any atom is -0.319 e. The second-order valence-electron chi connectivity index (χ2n) is 5.75. The van der Waals surface area contributed by atoms with Crippen molar-refractivity contribution in [1.82, 2.24) is 4.90 Å². The van der Waals surface area contributed by atoms with Gasteiger partial charge in [0.1, 0.15) is 0 Å². The van der Waals surface area contributed by atoms with Gasteiger partial charge in [0.05, 0.1) is 5.54 Å². The molecule has 1 saturated heterocycles. The van der Waals surface area contributed by atoms with Crippen LogP contribution in [0.25, 0.3) is 0 Å². The van der Waals surface area contributed by atoms with Crippen LogP contribution in [0.4, 0.5) is 8.78 Å². The lowest BCUT2D eigenvalue weighted by atomic mass is 9.88. The Morgan fingerprint density at radius 2 is 1.71 bits per heavy atom. The summed E-state index contributed by atoms with van der Waals surface area (Å²) in [6.45, 7) is 1.34. The van der Waals surface area contributed by atoms with E-state index in [1.807, 2.05) is 0 Å². The minimum absolute atomic E-state index is 0.384. The van der Waals surface area contributed by atoms with Gasteiger partial charge in [0.15, 0.2) is 0 Å². The first-order chi connectivity index (χ1) is 8.12. The molecule has 1 aliphatic carbocycles. The zero-order valence-electron chi connectivity index (χ0n) is 10.5. The Labute approximate surface area is 103 Å². The third-order valence-electron chi connectivity index (χ3n) is 4.36. The first kappa shape index (κ1) is 13.2. The van der Waals surface area contributed by atoms with Crippen molar-refractivity contribution in [3.05, 3.63) is 0 Å². The Morgan fingerprint density at radius 1 is 1.06 bits per heavy atom. The van der Waals surface area contributed by atoms with E-state index in [4.69, 9.17) is 5.73 Å². The number of nitrogens with two attached hydrogens (primary N) is 1. The molecule has 1 saturated carbocycles. The van der Waals surface area contributed by atoms with Crippen LogP contribution in [0.5, 0.6) is 0 Å². The zero-order valence-corrected chi connectivity index (χ0v) is 10.5. The quantitative estimate of drug-likeness (QED) is 0.759. The third-order valence-corrected chi connectivity index (χ3v) is 4.36. The van der Waals surface area contributed by atoms with Gasteiger partial charge in [0, 0.05) is 12.6 Å². The predicted molar refractivity (Wildman–Crippen MR) is 65.2 cm³/mol. The molecule has 0 bridgehead atoms. The van der Waals surface area contributed by atoms with Crippen molar-refractivity contribution in [3.8, 4) is 0 Å². The Kier molecular flexibility index (Phi) is 4.36. The summed E-state index contributed by atoms with van der Waals surface area (Å²) in [5, 5.41) is 0. The zero-order chi connectivity index (χ0) is 12.3. The highest BCUT2D eigenvalue weighted by molar-refractivity contribution is 4.95. The average molecular weight is 246 g/mol. The largest absolute Gasteiger partial charge is 0.319 e. The molecule has 2 nitrogen and oxygen atoms in total. The smallest absolute Gasteiger partial charge is 0.257 e. The molecule has 2 aliphatic rings. The van der Waals surface area contributed by atoms with Crippen molar-refractivity contribution in [1.29, 1.82) is 0 Å². The van der Waals surface area contributed by atoms with Gasteiger partial charge in [-0.2, -0.15) is 0 Å². The molecule has 0 aromatic carbocycles. The molecule has 0 spiro atoms. The van der Waals surface area contributed by atoms with E-state index in [1.54, 1.807) is 0 Å². The average Bonchev–Trinajstić information content (AvgIpc) is 2.57. The second kappa shape index (κ2) is 5.61. The van der Waals surface area contributed by atoms with Crippen molar-refractivity contribution in [2.45, 2.75) is 69.4 Å². The highest BCUT2D eigenvalue weighted by atomic mass is 19.3. The number of nitrogens with zero attached hydrogens (tertiary/aromatic N) is 1. The Hall–Kier alpha value is -0.220. The molecule has 2 N–H and O–H groups in total. The molecule has 0 amide bonds. The molecule has 4 heteroatoms. The molecule has 0 aromatic heterocycles. The van der Waals surface area contributed by atoms with Crippen molar-refractivity contribution < 1.29 is 8.78 Å². The number of hydrogen-bond donors (Lipinski definition) is 1. The normalized spacial score (nSPS) is 33.9. The molecule has 0 radical (unpaired) electrons. The number of likely N-dealkylation sites (tertiary alicyclic amines) is 1. The van der Waals surface area contributed by atoms with Crippen molar-refractivity contribution in [2.75, 3.05) is 13.1 Å². The minimum atomic E-state index is -2.39. The van der Waals surface area contributed by atoms with E-state index in [0.29, 0.717) is 19.0 Å². The first-order valence-electron chi connectivity index (χ1n) is 6.93. The van der Waals surface area contributed by atoms with E-state index in [2.05, 4.69) is 4.90 Å². The van der Waals surface area contributed by atoms with Crippen molar-refractivity contribution in [2.24, 2.45) is 5.73 Å². The molecule has 0 aromatic rings. The summed E-state index contributed by atoms with van der Waals surface area (Å²) in [5.41, 5.74) is 4.59. The molecule has 2 rings (SSSR count). The lowest BCUT2D eigenvalue weighted by Crippen LogP contribution is -2.60. The fraction of sp³-hybridized carbons (Fsp3) is 1.00. The van der Waals surface area contributed by atoms with Crippen molar-refractivity contribution >= 4 is 0 Å². The van der Waals surface area contributed by atoms with E-state index in [-0.39, 0.29) is 0 Å². The summed E-state index contributed by atoms with van der Waals surface area (Å²) in [7, 11) is 0. The lowest BCUT2D eigenvalue weighted by molar-refractivity contribution is -0.00956. The Morgan fingerprint density at radius 3 is 2.29 bits per heavy atom. The van der Waals surface area contributed by atoms with Crippen LogP contribution in [-0.4, -0.2) is 36.0 Å². The van der Waals surface area contributed by atoms with Gasteiger partial charge in [-0.1, -0.05) is 25.7 Å². The number of piperidine rings is 1. The standard InChI is InChI=1S/C13H24F2N2/c14-12(15)13(16)8-5-9-17(10-13)11-6-3-1-2-4-7-11/h11-12H,1-10,16H2. The van der Waals surface area contributed by atoms with Crippen LogP contribution in [0.1, 0.15) is 51.4 Å². The van der Waals surface area contributed by atoms with Gasteiger partial charge in [0.25, 0.3) is 6.43 Å². The fourth-order valence-electron chi connectivity index (χ4n) is 3.26. The summed E-state index contributed by atoms with van der Waals surface area (Å²) >= 11 is 0. The van der Waals surface area contributed by atoms with E-state index >= 15 is 0 Å². The fourth-order valence-corrected chi connectivity index (χ4v) is 3.26. The van der Waals surface area contributed by atoms with Gasteiger partial charge in [0.2, 0.25) is 0 Å². The van der Waals surface area contributed by atoms with E-state index in [9.17, 15) is 8.78 Å². The van der Waals surface area contributed by atoms with Crippen molar-refractivity contribution in [3.63, 3.8) is 0 Å². The molecule has 2 fully saturated rings. The van der Waals surface area contributed by atoms with Crippen LogP contribution in [0.15, 0.2) is 0 Å². The predicted octanol–water partition coefficient (Wildman–Crippen LogP) is 2.77. The van der Waals surface area contributed by atoms with Gasteiger partial charge in [-0.05, 0) is 32.2 Å². The van der Waals surface area contributed by atoms with E-state index in [0.717, 1.165) is 13.0 Å². The SMILES string of the molecule is NC1(C(F)F)CCCN(C2CCCCCC2)C1. The van der Waals surface area contributed by atoms with Crippen LogP contribution in [0, 0.1) is 0 Å². The molecule has 17 heavy (non-hydrogen) atoms. The maximum Gasteiger partial charge on any atom is 0.257 e. The van der Waals surface area contributed by atoms with Crippen LogP contribution in [0.2, 0.25) is 0 Å². The topological polar surface area (TPSA) is 29.3 Å². The number of rotatable bonds is 2. The van der Waals surface area contributed by atoms with Gasteiger partial charge in [-0.3, -0.25) is 4.90 Å². The molecule has 1 atom stereocenters. The first-order valence-corrected chi connectivity index (χ1v) is 6.93. The summed E-state index contributed by atoms with van der Waals surface area (Å²) in [6, 6.07) is 0.500. The summed E-state index contributed by atoms with van der Waals surface area (Å²) in [5.74, 6) is 0. The van der Waals surface area contributed by atoms with Crippen LogP contribution in [0.3, 0.4) is 0 Å². The maximum atomic E-state index is 13.0. The number of alkyl halides is 2. The Bertz CT molecular complexity index is 240. The van der Waals surface area contributed by atoms with Gasteiger partial charge in [-0.15, -0.1) is 0 Å².